The Balaban J connectivity index is 2.19. The molecule has 1 aliphatic heterocycles. The number of amides is 1. The molecule has 4 nitrogen and oxygen atoms in total. The smallest absolute Gasteiger partial charge is 0.231 e. The highest BCUT2D eigenvalue weighted by molar-refractivity contribution is 6.01. The molecular formula is C15H23N3O. The largest absolute Gasteiger partial charge is 0.330 e. The highest BCUT2D eigenvalue weighted by Gasteiger charge is 2.28. The van der Waals surface area contributed by atoms with Crippen LogP contribution in [0.1, 0.15) is 24.5 Å². The van der Waals surface area contributed by atoms with Crippen LogP contribution in [0.3, 0.4) is 0 Å². The van der Waals surface area contributed by atoms with Crippen molar-refractivity contribution in [1.82, 2.24) is 0 Å². The van der Waals surface area contributed by atoms with Crippen LogP contribution >= 0.6 is 0 Å². The summed E-state index contributed by atoms with van der Waals surface area (Å²) in [5, 5.41) is 0. The number of carbonyl (C=O) groups excluding carboxylic acids is 1. The molecule has 0 spiro atoms. The van der Waals surface area contributed by atoms with E-state index in [0.717, 1.165) is 30.6 Å². The lowest BCUT2D eigenvalue weighted by molar-refractivity contribution is -0.117. The van der Waals surface area contributed by atoms with E-state index in [-0.39, 0.29) is 5.91 Å². The first kappa shape index (κ1) is 14.0. The first-order chi connectivity index (χ1) is 9.19. The van der Waals surface area contributed by atoms with E-state index in [9.17, 15) is 4.79 Å². The van der Waals surface area contributed by atoms with Crippen LogP contribution in [0.4, 0.5) is 5.69 Å². The van der Waals surface area contributed by atoms with Crippen molar-refractivity contribution in [2.75, 3.05) is 24.5 Å². The van der Waals surface area contributed by atoms with Gasteiger partial charge in [0.05, 0.1) is 6.42 Å². The average molecular weight is 261 g/mol. The van der Waals surface area contributed by atoms with Crippen LogP contribution in [0.2, 0.25) is 0 Å². The third-order valence-corrected chi connectivity index (χ3v) is 3.86. The van der Waals surface area contributed by atoms with Crippen molar-refractivity contribution in [2.45, 2.75) is 26.2 Å². The van der Waals surface area contributed by atoms with Crippen LogP contribution in [0.15, 0.2) is 18.2 Å². The fourth-order valence-electron chi connectivity index (χ4n) is 2.59. The zero-order valence-electron chi connectivity index (χ0n) is 11.6. The molecule has 0 saturated heterocycles. The zero-order valence-corrected chi connectivity index (χ0v) is 11.6. The van der Waals surface area contributed by atoms with Gasteiger partial charge in [0.1, 0.15) is 0 Å². The summed E-state index contributed by atoms with van der Waals surface area (Å²) in [6.45, 7) is 4.11. The Kier molecular flexibility index (Phi) is 4.56. The summed E-state index contributed by atoms with van der Waals surface area (Å²) in [6.07, 6.45) is 2.37. The molecule has 0 radical (unpaired) electrons. The van der Waals surface area contributed by atoms with E-state index in [1.165, 1.54) is 5.56 Å². The van der Waals surface area contributed by atoms with Gasteiger partial charge in [0.2, 0.25) is 5.91 Å². The van der Waals surface area contributed by atoms with E-state index in [4.69, 9.17) is 11.5 Å². The van der Waals surface area contributed by atoms with Crippen molar-refractivity contribution in [3.8, 4) is 0 Å². The Morgan fingerprint density at radius 3 is 2.79 bits per heavy atom. The molecule has 1 amide bonds. The summed E-state index contributed by atoms with van der Waals surface area (Å²) < 4.78 is 0. The van der Waals surface area contributed by atoms with Crippen LogP contribution in [0.5, 0.6) is 0 Å². The summed E-state index contributed by atoms with van der Waals surface area (Å²) >= 11 is 0. The molecule has 4 heteroatoms. The van der Waals surface area contributed by atoms with Crippen molar-refractivity contribution in [3.05, 3.63) is 29.3 Å². The van der Waals surface area contributed by atoms with Gasteiger partial charge in [0.15, 0.2) is 0 Å². The van der Waals surface area contributed by atoms with Gasteiger partial charge in [-0.2, -0.15) is 0 Å². The third kappa shape index (κ3) is 2.96. The number of rotatable bonds is 6. The summed E-state index contributed by atoms with van der Waals surface area (Å²) in [4.78, 5) is 14.0. The normalized spacial score (nSPS) is 15.7. The third-order valence-electron chi connectivity index (χ3n) is 3.86. The first-order valence-corrected chi connectivity index (χ1v) is 7.01. The predicted octanol–water partition coefficient (Wildman–Crippen LogP) is 1.06. The molecule has 19 heavy (non-hydrogen) atoms. The van der Waals surface area contributed by atoms with Gasteiger partial charge in [-0.3, -0.25) is 4.79 Å². The fraction of sp³-hybridized carbons (Fsp3) is 0.533. The number of hydrogen-bond acceptors (Lipinski definition) is 3. The second kappa shape index (κ2) is 6.17. The van der Waals surface area contributed by atoms with Crippen LogP contribution in [0, 0.1) is 5.92 Å². The lowest BCUT2D eigenvalue weighted by Gasteiger charge is -2.22. The molecule has 0 fully saturated rings. The van der Waals surface area contributed by atoms with Crippen LogP contribution in [-0.4, -0.2) is 25.5 Å². The minimum Gasteiger partial charge on any atom is -0.330 e. The van der Waals surface area contributed by atoms with E-state index in [2.05, 4.69) is 25.1 Å². The Morgan fingerprint density at radius 2 is 2.16 bits per heavy atom. The molecule has 1 unspecified atom stereocenters. The second-order valence-corrected chi connectivity index (χ2v) is 5.19. The van der Waals surface area contributed by atoms with E-state index in [1.54, 1.807) is 0 Å². The quantitative estimate of drug-likeness (QED) is 0.804. The number of anilines is 1. The number of nitrogens with zero attached hydrogens (tertiary/aromatic N) is 1. The monoisotopic (exact) mass is 261 g/mol. The van der Waals surface area contributed by atoms with Crippen LogP contribution in [-0.2, 0) is 17.6 Å². The number of nitrogens with two attached hydrogens (primary N) is 2. The summed E-state index contributed by atoms with van der Waals surface area (Å²) in [5.74, 6) is 0.561. The maximum atomic E-state index is 12.1. The van der Waals surface area contributed by atoms with Crippen molar-refractivity contribution in [2.24, 2.45) is 17.4 Å². The summed E-state index contributed by atoms with van der Waals surface area (Å²) in [5.41, 5.74) is 14.7. The van der Waals surface area contributed by atoms with Gasteiger partial charge in [-0.1, -0.05) is 25.5 Å². The minimum atomic E-state index is 0.187. The molecule has 0 aliphatic carbocycles. The molecule has 0 aromatic heterocycles. The number of carbonyl (C=O) groups is 1. The van der Waals surface area contributed by atoms with Gasteiger partial charge in [-0.15, -0.1) is 0 Å². The molecule has 1 aromatic rings. The lowest BCUT2D eigenvalue weighted by atomic mass is 10.0. The second-order valence-electron chi connectivity index (χ2n) is 5.19. The Morgan fingerprint density at radius 1 is 1.37 bits per heavy atom. The van der Waals surface area contributed by atoms with Gasteiger partial charge in [-0.05, 0) is 42.6 Å². The van der Waals surface area contributed by atoms with Gasteiger partial charge in [0, 0.05) is 12.2 Å². The maximum absolute atomic E-state index is 12.1. The number of hydrogen-bond donors (Lipinski definition) is 2. The molecule has 1 heterocycles. The summed E-state index contributed by atoms with van der Waals surface area (Å²) in [6, 6.07) is 6.23. The molecule has 4 N–H and O–H groups in total. The van der Waals surface area contributed by atoms with Crippen molar-refractivity contribution >= 4 is 11.6 Å². The molecule has 2 rings (SSSR count). The first-order valence-electron chi connectivity index (χ1n) is 7.01. The fourth-order valence-corrected chi connectivity index (χ4v) is 2.59. The van der Waals surface area contributed by atoms with Crippen molar-refractivity contribution in [1.29, 1.82) is 0 Å². The van der Waals surface area contributed by atoms with Gasteiger partial charge < -0.3 is 16.4 Å². The molecule has 104 valence electrons. The molecule has 1 atom stereocenters. The Labute approximate surface area is 114 Å². The zero-order chi connectivity index (χ0) is 13.8. The van der Waals surface area contributed by atoms with E-state index in [1.807, 2.05) is 4.90 Å². The predicted molar refractivity (Wildman–Crippen MR) is 78.1 cm³/mol. The van der Waals surface area contributed by atoms with Crippen molar-refractivity contribution < 1.29 is 4.79 Å². The SMILES string of the molecule is CCC(CN)CN1C(=O)Cc2cc(CCN)ccc21. The molecule has 0 bridgehead atoms. The van der Waals surface area contributed by atoms with Gasteiger partial charge >= 0.3 is 0 Å². The highest BCUT2D eigenvalue weighted by Crippen LogP contribution is 2.30. The van der Waals surface area contributed by atoms with Gasteiger partial charge in [0.25, 0.3) is 0 Å². The van der Waals surface area contributed by atoms with Crippen LogP contribution < -0.4 is 16.4 Å². The molecular weight excluding hydrogens is 238 g/mol. The highest BCUT2D eigenvalue weighted by atomic mass is 16.2. The van der Waals surface area contributed by atoms with E-state index in [0.29, 0.717) is 25.4 Å². The summed E-state index contributed by atoms with van der Waals surface area (Å²) in [7, 11) is 0. The molecule has 0 saturated carbocycles. The van der Waals surface area contributed by atoms with Gasteiger partial charge in [-0.25, -0.2) is 0 Å². The number of benzene rings is 1. The molecule has 1 aromatic carbocycles. The maximum Gasteiger partial charge on any atom is 0.231 e. The topological polar surface area (TPSA) is 72.3 Å². The standard InChI is InChI=1S/C15H23N3O/c1-2-11(9-17)10-18-14-4-3-12(5-6-16)7-13(14)8-15(18)19/h3-4,7,11H,2,5-6,8-10,16-17H2,1H3. The number of fused-ring (bicyclic) bond motifs is 1. The Hall–Kier alpha value is -1.39. The average Bonchev–Trinajstić information content (AvgIpc) is 2.71. The van der Waals surface area contributed by atoms with Crippen molar-refractivity contribution in [3.63, 3.8) is 0 Å². The lowest BCUT2D eigenvalue weighted by Crippen LogP contribution is -2.34. The van der Waals surface area contributed by atoms with Crippen LogP contribution in [0.25, 0.3) is 0 Å². The van der Waals surface area contributed by atoms with E-state index >= 15 is 0 Å². The minimum absolute atomic E-state index is 0.187. The molecule has 1 aliphatic rings. The van der Waals surface area contributed by atoms with E-state index < -0.39 is 0 Å². The Bertz CT molecular complexity index is 455.